The summed E-state index contributed by atoms with van der Waals surface area (Å²) in [6.45, 7) is 4.11. The molecule has 140 valence electrons. The molecular weight excluding hydrogens is 334 g/mol. The molecule has 0 unspecified atom stereocenters. The molecule has 2 aliphatic heterocycles. The lowest BCUT2D eigenvalue weighted by molar-refractivity contribution is -0.132. The molecule has 0 radical (unpaired) electrons. The molecule has 26 heavy (non-hydrogen) atoms. The summed E-state index contributed by atoms with van der Waals surface area (Å²) in [7, 11) is 0. The number of ether oxygens (including phenoxy) is 1. The molecular formula is C19H25N3O4. The van der Waals surface area contributed by atoms with Gasteiger partial charge < -0.3 is 20.3 Å². The van der Waals surface area contributed by atoms with Crippen molar-refractivity contribution in [3.63, 3.8) is 0 Å². The van der Waals surface area contributed by atoms with E-state index in [4.69, 9.17) is 4.74 Å². The largest absolute Gasteiger partial charge is 0.492 e. The van der Waals surface area contributed by atoms with Gasteiger partial charge in [0.15, 0.2) is 0 Å². The number of rotatable bonds is 5. The Labute approximate surface area is 153 Å². The Kier molecular flexibility index (Phi) is 5.44. The summed E-state index contributed by atoms with van der Waals surface area (Å²) >= 11 is 0. The van der Waals surface area contributed by atoms with E-state index in [1.807, 2.05) is 0 Å². The zero-order valence-corrected chi connectivity index (χ0v) is 15.0. The van der Waals surface area contributed by atoms with Crippen molar-refractivity contribution < 1.29 is 19.1 Å². The summed E-state index contributed by atoms with van der Waals surface area (Å²) in [6.07, 6.45) is 2.55. The quantitative estimate of drug-likeness (QED) is 0.766. The second-order valence-corrected chi connectivity index (χ2v) is 6.97. The molecule has 2 aliphatic rings. The first kappa shape index (κ1) is 18.2. The van der Waals surface area contributed by atoms with E-state index in [-0.39, 0.29) is 17.7 Å². The van der Waals surface area contributed by atoms with Gasteiger partial charge in [-0.3, -0.25) is 14.4 Å². The summed E-state index contributed by atoms with van der Waals surface area (Å²) in [4.78, 5) is 37.5. The average molecular weight is 359 g/mol. The van der Waals surface area contributed by atoms with E-state index < -0.39 is 5.41 Å². The van der Waals surface area contributed by atoms with Crippen LogP contribution in [0.3, 0.4) is 0 Å². The van der Waals surface area contributed by atoms with Crippen LogP contribution >= 0.6 is 0 Å². The van der Waals surface area contributed by atoms with E-state index in [0.717, 1.165) is 25.8 Å². The summed E-state index contributed by atoms with van der Waals surface area (Å²) in [5, 5.41) is 5.59. The molecule has 1 aromatic rings. The Morgan fingerprint density at radius 1 is 1.27 bits per heavy atom. The van der Waals surface area contributed by atoms with Crippen molar-refractivity contribution in [2.45, 2.75) is 26.2 Å². The predicted molar refractivity (Wildman–Crippen MR) is 95.8 cm³/mol. The number of hydrogen-bond acceptors (Lipinski definition) is 4. The number of amides is 3. The molecule has 0 bridgehead atoms. The van der Waals surface area contributed by atoms with E-state index in [0.29, 0.717) is 37.6 Å². The summed E-state index contributed by atoms with van der Waals surface area (Å²) in [5.41, 5.74) is 0.188. The minimum atomic E-state index is -0.402. The number of nitrogens with one attached hydrogen (secondary N) is 2. The van der Waals surface area contributed by atoms with Gasteiger partial charge in [-0.25, -0.2) is 0 Å². The molecule has 2 N–H and O–H groups in total. The van der Waals surface area contributed by atoms with Crippen molar-refractivity contribution in [1.82, 2.24) is 15.5 Å². The van der Waals surface area contributed by atoms with Gasteiger partial charge in [0.2, 0.25) is 11.8 Å². The molecule has 0 saturated carbocycles. The lowest BCUT2D eigenvalue weighted by Crippen LogP contribution is -2.47. The van der Waals surface area contributed by atoms with Crippen LogP contribution in [0, 0.1) is 5.41 Å². The second kappa shape index (κ2) is 7.76. The lowest BCUT2D eigenvalue weighted by Gasteiger charge is -2.32. The Bertz CT molecular complexity index is 689. The highest BCUT2D eigenvalue weighted by molar-refractivity contribution is 5.95. The third-order valence-electron chi connectivity index (χ3n) is 5.09. The van der Waals surface area contributed by atoms with Crippen molar-refractivity contribution in [2.24, 2.45) is 5.41 Å². The van der Waals surface area contributed by atoms with Crippen LogP contribution in [0.25, 0.3) is 0 Å². The van der Waals surface area contributed by atoms with Gasteiger partial charge in [0.1, 0.15) is 12.4 Å². The maximum atomic E-state index is 12.7. The predicted octanol–water partition coefficient (Wildman–Crippen LogP) is 0.944. The second-order valence-electron chi connectivity index (χ2n) is 6.97. The van der Waals surface area contributed by atoms with E-state index >= 15 is 0 Å². The van der Waals surface area contributed by atoms with Crippen LogP contribution in [0.4, 0.5) is 0 Å². The molecule has 1 aromatic carbocycles. The number of carbonyl (C=O) groups is 3. The van der Waals surface area contributed by atoms with Gasteiger partial charge in [0, 0.05) is 32.1 Å². The first-order chi connectivity index (χ1) is 12.5. The van der Waals surface area contributed by atoms with E-state index in [1.165, 1.54) is 6.92 Å². The van der Waals surface area contributed by atoms with Crippen molar-refractivity contribution in [1.29, 1.82) is 0 Å². The summed E-state index contributed by atoms with van der Waals surface area (Å²) < 4.78 is 5.53. The van der Waals surface area contributed by atoms with Crippen LogP contribution in [0.1, 0.15) is 36.5 Å². The fourth-order valence-corrected chi connectivity index (χ4v) is 3.64. The number of nitrogens with zero attached hydrogens (tertiary/aromatic N) is 1. The van der Waals surface area contributed by atoms with Gasteiger partial charge in [-0.1, -0.05) is 0 Å². The number of likely N-dealkylation sites (tertiary alicyclic amines) is 1. The van der Waals surface area contributed by atoms with Gasteiger partial charge in [-0.15, -0.1) is 0 Å². The van der Waals surface area contributed by atoms with Crippen LogP contribution in [0.2, 0.25) is 0 Å². The molecule has 7 heteroatoms. The first-order valence-electron chi connectivity index (χ1n) is 9.05. The molecule has 1 spiro atoms. The number of hydrogen-bond donors (Lipinski definition) is 2. The highest BCUT2D eigenvalue weighted by Crippen LogP contribution is 2.37. The van der Waals surface area contributed by atoms with Gasteiger partial charge in [0.25, 0.3) is 5.91 Å². The fourth-order valence-electron chi connectivity index (χ4n) is 3.64. The van der Waals surface area contributed by atoms with Crippen LogP contribution in [0.5, 0.6) is 5.75 Å². The Hall–Kier alpha value is -2.57. The van der Waals surface area contributed by atoms with Crippen LogP contribution in [-0.2, 0) is 9.59 Å². The van der Waals surface area contributed by atoms with Crippen molar-refractivity contribution in [2.75, 3.05) is 32.8 Å². The van der Waals surface area contributed by atoms with Crippen molar-refractivity contribution in [3.05, 3.63) is 29.8 Å². The molecule has 2 heterocycles. The molecule has 1 atom stereocenters. The number of benzene rings is 1. The van der Waals surface area contributed by atoms with Gasteiger partial charge in [-0.05, 0) is 43.5 Å². The normalized spacial score (nSPS) is 22.2. The lowest BCUT2D eigenvalue weighted by atomic mass is 9.79. The minimum absolute atomic E-state index is 0.0509. The van der Waals surface area contributed by atoms with E-state index in [2.05, 4.69) is 10.6 Å². The smallest absolute Gasteiger partial charge is 0.253 e. The number of piperidine rings is 1. The molecule has 7 nitrogen and oxygen atoms in total. The third-order valence-corrected chi connectivity index (χ3v) is 5.09. The maximum Gasteiger partial charge on any atom is 0.253 e. The monoisotopic (exact) mass is 359 g/mol. The average Bonchev–Trinajstić information content (AvgIpc) is 3.06. The van der Waals surface area contributed by atoms with E-state index in [9.17, 15) is 14.4 Å². The van der Waals surface area contributed by atoms with E-state index in [1.54, 1.807) is 29.2 Å². The van der Waals surface area contributed by atoms with Crippen LogP contribution in [0.15, 0.2) is 24.3 Å². The standard InChI is InChI=1S/C19H25N3O4/c1-14(23)20-10-12-26-16-5-3-15(4-6-16)17(24)22-11-8-19(13-22)7-2-9-21-18(19)25/h3-6H,2,7-13H2,1H3,(H,20,23)(H,21,25)/t19-/m1/s1. The topological polar surface area (TPSA) is 87.7 Å². The Morgan fingerprint density at radius 3 is 2.73 bits per heavy atom. The zero-order valence-electron chi connectivity index (χ0n) is 15.0. The van der Waals surface area contributed by atoms with Gasteiger partial charge in [0.05, 0.1) is 12.0 Å². The molecule has 0 aromatic heterocycles. The van der Waals surface area contributed by atoms with Gasteiger partial charge in [-0.2, -0.15) is 0 Å². The highest BCUT2D eigenvalue weighted by atomic mass is 16.5. The third kappa shape index (κ3) is 3.98. The molecule has 0 aliphatic carbocycles. The first-order valence-corrected chi connectivity index (χ1v) is 9.05. The molecule has 3 amide bonds. The maximum absolute atomic E-state index is 12.7. The summed E-state index contributed by atoms with van der Waals surface area (Å²) in [5.74, 6) is 0.591. The van der Waals surface area contributed by atoms with Crippen LogP contribution < -0.4 is 15.4 Å². The summed E-state index contributed by atoms with van der Waals surface area (Å²) in [6, 6.07) is 6.98. The van der Waals surface area contributed by atoms with Gasteiger partial charge >= 0.3 is 0 Å². The van der Waals surface area contributed by atoms with Crippen molar-refractivity contribution in [3.8, 4) is 5.75 Å². The molecule has 3 rings (SSSR count). The SMILES string of the molecule is CC(=O)NCCOc1ccc(C(=O)N2CC[C@]3(CCCNC3=O)C2)cc1. The minimum Gasteiger partial charge on any atom is -0.492 e. The highest BCUT2D eigenvalue weighted by Gasteiger charge is 2.46. The molecule has 2 saturated heterocycles. The fraction of sp³-hybridized carbons (Fsp3) is 0.526. The van der Waals surface area contributed by atoms with Crippen LogP contribution in [-0.4, -0.2) is 55.4 Å². The Balaban J connectivity index is 1.55. The Morgan fingerprint density at radius 2 is 2.04 bits per heavy atom. The van der Waals surface area contributed by atoms with Crippen molar-refractivity contribution >= 4 is 17.7 Å². The zero-order chi connectivity index (χ0) is 18.6. The molecule has 2 fully saturated rings. The number of carbonyl (C=O) groups excluding carboxylic acids is 3.